The predicted molar refractivity (Wildman–Crippen MR) is 83.1 cm³/mol. The van der Waals surface area contributed by atoms with Crippen molar-refractivity contribution in [3.8, 4) is 0 Å². The van der Waals surface area contributed by atoms with Crippen LogP contribution in [-0.2, 0) is 0 Å². The molecule has 0 aliphatic heterocycles. The fourth-order valence-electron chi connectivity index (χ4n) is 1.09. The number of azo groups is 1. The van der Waals surface area contributed by atoms with Crippen molar-refractivity contribution in [2.75, 3.05) is 7.05 Å². The standard InChI is InChI=1S/C12H16N6O2S/c1-7(8(2)16-18-12(21)13-3)15-17-10-5-4-9(6-14-10)11(19)20/h4-7H,1-3H3,(H,19,20)(H2,13,18,21). The first-order chi connectivity index (χ1) is 9.93. The minimum Gasteiger partial charge on any atom is -0.478 e. The lowest BCUT2D eigenvalue weighted by atomic mass is 10.2. The molecule has 1 heterocycles. The summed E-state index contributed by atoms with van der Waals surface area (Å²) in [6.45, 7) is 3.61. The summed E-state index contributed by atoms with van der Waals surface area (Å²) in [5.41, 5.74) is 3.45. The molecule has 1 unspecified atom stereocenters. The number of aromatic carboxylic acids is 1. The number of hydrazone groups is 1. The molecule has 0 amide bonds. The van der Waals surface area contributed by atoms with Gasteiger partial charge in [0.05, 0.1) is 11.3 Å². The Kier molecular flexibility index (Phi) is 6.34. The van der Waals surface area contributed by atoms with Crippen LogP contribution in [0.3, 0.4) is 0 Å². The number of nitrogens with zero attached hydrogens (tertiary/aromatic N) is 4. The van der Waals surface area contributed by atoms with Crippen LogP contribution in [0.15, 0.2) is 33.7 Å². The van der Waals surface area contributed by atoms with Crippen LogP contribution in [0.1, 0.15) is 24.2 Å². The number of carbonyl (C=O) groups is 1. The summed E-state index contributed by atoms with van der Waals surface area (Å²) in [7, 11) is 1.69. The molecule has 3 N–H and O–H groups in total. The molecule has 1 aromatic rings. The van der Waals surface area contributed by atoms with E-state index in [2.05, 4.69) is 31.1 Å². The Balaban J connectivity index is 2.66. The van der Waals surface area contributed by atoms with Gasteiger partial charge in [0.25, 0.3) is 0 Å². The minimum absolute atomic E-state index is 0.101. The molecule has 0 aromatic carbocycles. The Morgan fingerprint density at radius 3 is 2.71 bits per heavy atom. The summed E-state index contributed by atoms with van der Waals surface area (Å²) in [4.78, 5) is 14.6. The number of aromatic nitrogens is 1. The van der Waals surface area contributed by atoms with E-state index in [9.17, 15) is 4.79 Å². The van der Waals surface area contributed by atoms with Gasteiger partial charge in [-0.2, -0.15) is 10.2 Å². The van der Waals surface area contributed by atoms with Crippen molar-refractivity contribution in [3.63, 3.8) is 0 Å². The van der Waals surface area contributed by atoms with E-state index in [0.29, 0.717) is 16.6 Å². The monoisotopic (exact) mass is 308 g/mol. The van der Waals surface area contributed by atoms with Crippen molar-refractivity contribution in [1.82, 2.24) is 15.7 Å². The van der Waals surface area contributed by atoms with Crippen molar-refractivity contribution in [2.24, 2.45) is 15.3 Å². The summed E-state index contributed by atoms with van der Waals surface area (Å²) in [6.07, 6.45) is 1.23. The SMILES string of the molecule is CNC(=S)NN=C(C)C(C)N=Nc1ccc(C(=O)O)cn1. The van der Waals surface area contributed by atoms with Crippen LogP contribution in [0.25, 0.3) is 0 Å². The quantitative estimate of drug-likeness (QED) is 0.330. The molecule has 21 heavy (non-hydrogen) atoms. The van der Waals surface area contributed by atoms with E-state index < -0.39 is 5.97 Å². The lowest BCUT2D eigenvalue weighted by Crippen LogP contribution is -2.30. The third kappa shape index (κ3) is 5.61. The Morgan fingerprint density at radius 2 is 2.19 bits per heavy atom. The number of nitrogens with one attached hydrogen (secondary N) is 2. The molecule has 1 aromatic heterocycles. The topological polar surface area (TPSA) is 111 Å². The second-order valence-electron chi connectivity index (χ2n) is 4.05. The van der Waals surface area contributed by atoms with Gasteiger partial charge >= 0.3 is 5.97 Å². The summed E-state index contributed by atoms with van der Waals surface area (Å²) in [6, 6.07) is 2.64. The number of hydrogen-bond donors (Lipinski definition) is 3. The normalized spacial score (nSPS) is 13.0. The molecule has 1 atom stereocenters. The van der Waals surface area contributed by atoms with Gasteiger partial charge in [0, 0.05) is 13.2 Å². The molecule has 0 fully saturated rings. The maximum absolute atomic E-state index is 10.7. The van der Waals surface area contributed by atoms with E-state index in [1.54, 1.807) is 14.0 Å². The molecular weight excluding hydrogens is 292 g/mol. The highest BCUT2D eigenvalue weighted by Crippen LogP contribution is 2.10. The molecule has 0 saturated heterocycles. The van der Waals surface area contributed by atoms with Crippen LogP contribution >= 0.6 is 12.2 Å². The number of rotatable bonds is 5. The van der Waals surface area contributed by atoms with Crippen molar-refractivity contribution in [3.05, 3.63) is 23.9 Å². The van der Waals surface area contributed by atoms with Crippen LogP contribution in [0, 0.1) is 0 Å². The summed E-state index contributed by atoms with van der Waals surface area (Å²) in [5, 5.41) is 23.9. The number of pyridine rings is 1. The van der Waals surface area contributed by atoms with Crippen LogP contribution in [0.5, 0.6) is 0 Å². The fourth-order valence-corrected chi connectivity index (χ4v) is 1.13. The Hall–Kier alpha value is -2.42. The van der Waals surface area contributed by atoms with Gasteiger partial charge < -0.3 is 10.4 Å². The lowest BCUT2D eigenvalue weighted by molar-refractivity contribution is 0.0696. The molecule has 0 radical (unpaired) electrons. The van der Waals surface area contributed by atoms with Gasteiger partial charge in [0.15, 0.2) is 10.9 Å². The van der Waals surface area contributed by atoms with Crippen molar-refractivity contribution < 1.29 is 9.90 Å². The third-order valence-electron chi connectivity index (χ3n) is 2.49. The van der Waals surface area contributed by atoms with E-state index in [1.165, 1.54) is 18.3 Å². The maximum Gasteiger partial charge on any atom is 0.337 e. The zero-order valence-corrected chi connectivity index (χ0v) is 12.7. The number of thiocarbonyl (C=S) groups is 1. The maximum atomic E-state index is 10.7. The largest absolute Gasteiger partial charge is 0.478 e. The lowest BCUT2D eigenvalue weighted by Gasteiger charge is -2.06. The van der Waals surface area contributed by atoms with Crippen LogP contribution in [-0.4, -0.2) is 40.0 Å². The summed E-state index contributed by atoms with van der Waals surface area (Å²) >= 11 is 4.89. The molecule has 112 valence electrons. The summed E-state index contributed by atoms with van der Waals surface area (Å²) in [5.74, 6) is -0.702. The van der Waals surface area contributed by atoms with E-state index in [-0.39, 0.29) is 11.6 Å². The molecule has 0 aliphatic rings. The number of carboxylic acids is 1. The van der Waals surface area contributed by atoms with E-state index in [0.717, 1.165) is 0 Å². The first-order valence-electron chi connectivity index (χ1n) is 6.06. The Bertz CT molecular complexity index is 570. The number of carboxylic acid groups (broad SMARTS) is 1. The first kappa shape index (κ1) is 16.6. The van der Waals surface area contributed by atoms with Crippen molar-refractivity contribution >= 4 is 34.8 Å². The molecule has 9 heteroatoms. The zero-order chi connectivity index (χ0) is 15.8. The Labute approximate surface area is 127 Å². The molecular formula is C12H16N6O2S. The van der Waals surface area contributed by atoms with E-state index in [4.69, 9.17) is 17.3 Å². The van der Waals surface area contributed by atoms with Crippen molar-refractivity contribution in [2.45, 2.75) is 19.9 Å². The smallest absolute Gasteiger partial charge is 0.337 e. The van der Waals surface area contributed by atoms with Crippen LogP contribution in [0.4, 0.5) is 5.82 Å². The molecule has 0 aliphatic carbocycles. The first-order valence-corrected chi connectivity index (χ1v) is 6.47. The second kappa shape index (κ2) is 8.00. The molecule has 0 saturated carbocycles. The zero-order valence-electron chi connectivity index (χ0n) is 11.9. The molecule has 8 nitrogen and oxygen atoms in total. The minimum atomic E-state index is -1.03. The van der Waals surface area contributed by atoms with Crippen LogP contribution < -0.4 is 10.7 Å². The highest BCUT2D eigenvalue weighted by Gasteiger charge is 2.05. The molecule has 0 bridgehead atoms. The average molecular weight is 308 g/mol. The van der Waals surface area contributed by atoms with Crippen LogP contribution in [0.2, 0.25) is 0 Å². The van der Waals surface area contributed by atoms with Gasteiger partial charge in [-0.3, -0.25) is 5.43 Å². The third-order valence-corrected chi connectivity index (χ3v) is 2.79. The van der Waals surface area contributed by atoms with Gasteiger partial charge in [-0.05, 0) is 38.2 Å². The average Bonchev–Trinajstić information content (AvgIpc) is 2.50. The highest BCUT2D eigenvalue weighted by atomic mass is 32.1. The van der Waals surface area contributed by atoms with E-state index in [1.807, 2.05) is 6.92 Å². The number of hydrogen-bond acceptors (Lipinski definition) is 6. The second-order valence-corrected chi connectivity index (χ2v) is 4.45. The van der Waals surface area contributed by atoms with Gasteiger partial charge in [0.1, 0.15) is 6.04 Å². The van der Waals surface area contributed by atoms with E-state index >= 15 is 0 Å². The van der Waals surface area contributed by atoms with Gasteiger partial charge in [-0.25, -0.2) is 9.78 Å². The fraction of sp³-hybridized carbons (Fsp3) is 0.333. The van der Waals surface area contributed by atoms with Crippen molar-refractivity contribution in [1.29, 1.82) is 0 Å². The Morgan fingerprint density at radius 1 is 1.48 bits per heavy atom. The highest BCUT2D eigenvalue weighted by molar-refractivity contribution is 7.80. The van der Waals surface area contributed by atoms with Gasteiger partial charge in [-0.1, -0.05) is 0 Å². The summed E-state index contributed by atoms with van der Waals surface area (Å²) < 4.78 is 0. The molecule has 1 rings (SSSR count). The van der Waals surface area contributed by atoms with Gasteiger partial charge in [-0.15, -0.1) is 5.11 Å². The molecule has 0 spiro atoms. The van der Waals surface area contributed by atoms with Gasteiger partial charge in [0.2, 0.25) is 0 Å². The predicted octanol–water partition coefficient (Wildman–Crippen LogP) is 1.72.